The van der Waals surface area contributed by atoms with Crippen molar-refractivity contribution in [1.82, 2.24) is 17.9 Å². The van der Waals surface area contributed by atoms with Crippen molar-refractivity contribution >= 4 is 164 Å². The first kappa shape index (κ1) is 43.5. The van der Waals surface area contributed by atoms with Crippen LogP contribution in [0, 0.1) is 0 Å². The SMILES string of the molecule is c1ccc(-c2c3c4cccc5c6c7c(ccc6n(c3c(-c3ccccc3)c3c6cccc8c9c%10c(ccc9n(c23)c68)c2ccccc2n%10-c2ccc3oc6ccccc6c3c2)c45)c2ccccc2n7-c2ccc3oc4ccccc4c3c2)cc1. The lowest BCUT2D eigenvalue weighted by Gasteiger charge is -2.16. The van der Waals surface area contributed by atoms with Gasteiger partial charge in [0.05, 0.1) is 55.2 Å². The van der Waals surface area contributed by atoms with Gasteiger partial charge in [0.1, 0.15) is 22.3 Å². The highest BCUT2D eigenvalue weighted by atomic mass is 16.3. The molecule has 6 nitrogen and oxygen atoms in total. The zero-order chi connectivity index (χ0) is 54.2. The maximum Gasteiger partial charge on any atom is 0.135 e. The molecule has 8 heterocycles. The number of furan rings is 2. The standard InChI is InChI=1S/C78H42N4O2/c1-3-17-43(18-4-1)67-71-55-27-15-25-53-70-62(38-36-52-48-22-8-12-30-60(48)80(76(52)70)46-34-40-66-58(42-46)50-24-10-14-32-64(50)84-66)82(73(53)55)78(71)68(44-19-5-2-6-20-44)72-56-28-16-26-54-69-61(81(74(54)56)77(67)72)37-35-51-47-21-7-11-29-59(47)79(75(51)69)45-33-39-65-57(41-45)49-23-9-13-31-63(49)83-65/h1-42H. The van der Waals surface area contributed by atoms with Crippen molar-refractivity contribution < 1.29 is 8.83 Å². The lowest BCUT2D eigenvalue weighted by atomic mass is 9.89. The maximum atomic E-state index is 6.41. The van der Waals surface area contributed by atoms with E-state index in [0.29, 0.717) is 0 Å². The minimum Gasteiger partial charge on any atom is -0.456 e. The molecule has 21 aromatic rings. The van der Waals surface area contributed by atoms with Gasteiger partial charge in [-0.2, -0.15) is 0 Å². The molecule has 0 bridgehead atoms. The molecule has 386 valence electrons. The molecule has 0 saturated heterocycles. The summed E-state index contributed by atoms with van der Waals surface area (Å²) in [6.45, 7) is 0. The van der Waals surface area contributed by atoms with E-state index < -0.39 is 0 Å². The van der Waals surface area contributed by atoms with Crippen LogP contribution in [-0.2, 0) is 0 Å². The Morgan fingerprint density at radius 3 is 1.04 bits per heavy atom. The fourth-order valence-electron chi connectivity index (χ4n) is 15.8. The summed E-state index contributed by atoms with van der Waals surface area (Å²) in [5.74, 6) is 0. The smallest absolute Gasteiger partial charge is 0.135 e. The quantitative estimate of drug-likeness (QED) is 0.176. The topological polar surface area (TPSA) is 45.0 Å². The van der Waals surface area contributed by atoms with Crippen molar-refractivity contribution in [3.8, 4) is 33.6 Å². The highest BCUT2D eigenvalue weighted by Crippen LogP contribution is 2.56. The van der Waals surface area contributed by atoms with E-state index >= 15 is 0 Å². The van der Waals surface area contributed by atoms with Crippen molar-refractivity contribution in [2.45, 2.75) is 0 Å². The zero-order valence-electron chi connectivity index (χ0n) is 44.9. The number of hydrogen-bond donors (Lipinski definition) is 0. The number of para-hydroxylation sites is 6. The predicted octanol–water partition coefficient (Wildman–Crippen LogP) is 21.3. The predicted molar refractivity (Wildman–Crippen MR) is 350 cm³/mol. The first-order valence-electron chi connectivity index (χ1n) is 28.9. The monoisotopic (exact) mass is 1070 g/mol. The Kier molecular flexibility index (Phi) is 7.94. The van der Waals surface area contributed by atoms with Crippen LogP contribution in [0.3, 0.4) is 0 Å². The molecule has 0 unspecified atom stereocenters. The van der Waals surface area contributed by atoms with Crippen LogP contribution >= 0.6 is 0 Å². The van der Waals surface area contributed by atoms with Gasteiger partial charge in [0.15, 0.2) is 0 Å². The second kappa shape index (κ2) is 15.4. The first-order chi connectivity index (χ1) is 41.7. The number of nitrogens with zero attached hydrogens (tertiary/aromatic N) is 4. The van der Waals surface area contributed by atoms with Crippen molar-refractivity contribution in [3.05, 3.63) is 255 Å². The number of fused-ring (bicyclic) bond motifs is 26. The van der Waals surface area contributed by atoms with Gasteiger partial charge in [-0.25, -0.2) is 0 Å². The lowest BCUT2D eigenvalue weighted by molar-refractivity contribution is 0.668. The molecule has 0 saturated carbocycles. The molecular weight excluding hydrogens is 1020 g/mol. The molecule has 6 heteroatoms. The Labute approximate surface area is 476 Å². The molecular formula is C78H42N4O2. The van der Waals surface area contributed by atoms with E-state index in [-0.39, 0.29) is 0 Å². The fourth-order valence-corrected chi connectivity index (χ4v) is 15.8. The molecule has 8 aromatic heterocycles. The van der Waals surface area contributed by atoms with E-state index in [2.05, 4.69) is 261 Å². The minimum absolute atomic E-state index is 0.887. The number of benzene rings is 13. The Balaban J connectivity index is 0.951. The summed E-state index contributed by atoms with van der Waals surface area (Å²) < 4.78 is 23.1. The molecule has 21 rings (SSSR count). The summed E-state index contributed by atoms with van der Waals surface area (Å²) >= 11 is 0. The third-order valence-electron chi connectivity index (χ3n) is 19.0. The number of hydrogen-bond acceptors (Lipinski definition) is 2. The van der Waals surface area contributed by atoms with Gasteiger partial charge in [0, 0.05) is 109 Å². The Bertz CT molecular complexity index is 6070. The fraction of sp³-hybridized carbons (Fsp3) is 0. The van der Waals surface area contributed by atoms with Gasteiger partial charge in [0.25, 0.3) is 0 Å². The van der Waals surface area contributed by atoms with Crippen LogP contribution in [0.15, 0.2) is 264 Å². The molecule has 0 N–H and O–H groups in total. The van der Waals surface area contributed by atoms with E-state index in [1.54, 1.807) is 0 Å². The van der Waals surface area contributed by atoms with Crippen LogP contribution in [0.5, 0.6) is 0 Å². The second-order valence-electron chi connectivity index (χ2n) is 23.0. The Hall–Kier alpha value is -11.3. The van der Waals surface area contributed by atoms with E-state index in [4.69, 9.17) is 8.83 Å². The molecule has 0 spiro atoms. The van der Waals surface area contributed by atoms with Crippen molar-refractivity contribution in [3.63, 3.8) is 0 Å². The third kappa shape index (κ3) is 5.21. The van der Waals surface area contributed by atoms with E-state index in [9.17, 15) is 0 Å². The second-order valence-corrected chi connectivity index (χ2v) is 23.0. The zero-order valence-corrected chi connectivity index (χ0v) is 44.9. The molecule has 13 aromatic carbocycles. The summed E-state index contributed by atoms with van der Waals surface area (Å²) in [5.41, 5.74) is 22.6. The average Bonchev–Trinajstić information content (AvgIpc) is 1.60. The van der Waals surface area contributed by atoms with Crippen LogP contribution in [-0.4, -0.2) is 17.9 Å². The first-order valence-corrected chi connectivity index (χ1v) is 28.9. The van der Waals surface area contributed by atoms with E-state index in [0.717, 1.165) is 55.3 Å². The molecule has 0 aliphatic rings. The molecule has 0 atom stereocenters. The number of rotatable bonds is 4. The van der Waals surface area contributed by atoms with Crippen LogP contribution < -0.4 is 0 Å². The summed E-state index contributed by atoms with van der Waals surface area (Å²) in [4.78, 5) is 0. The summed E-state index contributed by atoms with van der Waals surface area (Å²) in [5, 5.41) is 19.2. The van der Waals surface area contributed by atoms with Crippen LogP contribution in [0.1, 0.15) is 0 Å². The molecule has 0 amide bonds. The van der Waals surface area contributed by atoms with Crippen molar-refractivity contribution in [2.75, 3.05) is 0 Å². The van der Waals surface area contributed by atoms with Gasteiger partial charge >= 0.3 is 0 Å². The molecule has 84 heavy (non-hydrogen) atoms. The van der Waals surface area contributed by atoms with Gasteiger partial charge in [-0.05, 0) is 83.9 Å². The minimum atomic E-state index is 0.887. The summed E-state index contributed by atoms with van der Waals surface area (Å²) in [6, 6.07) is 94.1. The number of aromatic nitrogens is 4. The van der Waals surface area contributed by atoms with Crippen LogP contribution in [0.25, 0.3) is 197 Å². The lowest BCUT2D eigenvalue weighted by Crippen LogP contribution is -1.95. The Morgan fingerprint density at radius 2 is 0.583 bits per heavy atom. The molecule has 0 radical (unpaired) electrons. The summed E-state index contributed by atoms with van der Waals surface area (Å²) in [7, 11) is 0. The highest BCUT2D eigenvalue weighted by molar-refractivity contribution is 6.40. The average molecular weight is 1070 g/mol. The van der Waals surface area contributed by atoms with E-state index in [1.807, 2.05) is 12.1 Å². The third-order valence-corrected chi connectivity index (χ3v) is 19.0. The van der Waals surface area contributed by atoms with Gasteiger partial charge in [-0.3, -0.25) is 0 Å². The van der Waals surface area contributed by atoms with Gasteiger partial charge in [-0.15, -0.1) is 0 Å². The van der Waals surface area contributed by atoms with Gasteiger partial charge in [-0.1, -0.05) is 182 Å². The van der Waals surface area contributed by atoms with E-state index in [1.165, 1.54) is 142 Å². The maximum absolute atomic E-state index is 6.41. The Morgan fingerprint density at radius 1 is 0.214 bits per heavy atom. The highest BCUT2D eigenvalue weighted by Gasteiger charge is 2.33. The molecule has 0 aliphatic heterocycles. The van der Waals surface area contributed by atoms with Gasteiger partial charge < -0.3 is 26.8 Å². The van der Waals surface area contributed by atoms with Crippen molar-refractivity contribution in [2.24, 2.45) is 0 Å². The summed E-state index contributed by atoms with van der Waals surface area (Å²) in [6.07, 6.45) is 0. The van der Waals surface area contributed by atoms with Crippen LogP contribution in [0.4, 0.5) is 0 Å². The molecule has 0 fully saturated rings. The van der Waals surface area contributed by atoms with Crippen LogP contribution in [0.2, 0.25) is 0 Å². The molecule has 0 aliphatic carbocycles. The van der Waals surface area contributed by atoms with Gasteiger partial charge in [0.2, 0.25) is 0 Å². The van der Waals surface area contributed by atoms with Crippen molar-refractivity contribution in [1.29, 1.82) is 0 Å². The largest absolute Gasteiger partial charge is 0.456 e. The normalized spacial score (nSPS) is 12.8.